The predicted molar refractivity (Wildman–Crippen MR) is 67.6 cm³/mol. The lowest BCUT2D eigenvalue weighted by Crippen LogP contribution is -2.08. The molecule has 0 aliphatic carbocycles. The van der Waals surface area contributed by atoms with Crippen molar-refractivity contribution in [1.29, 1.82) is 0 Å². The van der Waals surface area contributed by atoms with Crippen LogP contribution in [0.2, 0.25) is 0 Å². The van der Waals surface area contributed by atoms with Gasteiger partial charge >= 0.3 is 5.97 Å². The largest absolute Gasteiger partial charge is 0.465 e. The minimum atomic E-state index is -0.705. The van der Waals surface area contributed by atoms with E-state index in [0.717, 1.165) is 31.4 Å². The molecule has 1 atom stereocenters. The topological polar surface area (TPSA) is 26.3 Å². The third-order valence-electron chi connectivity index (χ3n) is 2.12. The zero-order valence-electron chi connectivity index (χ0n) is 10.3. The highest BCUT2D eigenvalue weighted by atomic mass is 32.2. The van der Waals surface area contributed by atoms with Crippen LogP contribution in [-0.2, 0) is 9.53 Å². The maximum atomic E-state index is 12.4. The molecule has 0 fully saturated rings. The molecular formula is C12H23FO2S. The molecule has 0 aromatic carbocycles. The van der Waals surface area contributed by atoms with Crippen molar-refractivity contribution in [2.45, 2.75) is 52.1 Å². The summed E-state index contributed by atoms with van der Waals surface area (Å²) in [7, 11) is 0. The molecule has 0 amide bonds. The highest BCUT2D eigenvalue weighted by molar-refractivity contribution is 7.99. The Bertz CT molecular complexity index is 174. The summed E-state index contributed by atoms with van der Waals surface area (Å²) in [5.41, 5.74) is 0. The summed E-state index contributed by atoms with van der Waals surface area (Å²) in [6.45, 7) is 4.18. The lowest BCUT2D eigenvalue weighted by atomic mass is 10.2. The van der Waals surface area contributed by atoms with Gasteiger partial charge in [-0.1, -0.05) is 13.3 Å². The first-order valence-corrected chi connectivity index (χ1v) is 7.19. The number of rotatable bonds is 10. The molecule has 16 heavy (non-hydrogen) atoms. The van der Waals surface area contributed by atoms with E-state index in [1.54, 1.807) is 18.7 Å². The van der Waals surface area contributed by atoms with Crippen molar-refractivity contribution in [2.75, 3.05) is 18.1 Å². The monoisotopic (exact) mass is 250 g/mol. The minimum Gasteiger partial charge on any atom is -0.465 e. The van der Waals surface area contributed by atoms with Crippen LogP contribution in [0.15, 0.2) is 0 Å². The van der Waals surface area contributed by atoms with E-state index in [9.17, 15) is 9.18 Å². The maximum Gasteiger partial charge on any atom is 0.315 e. The Morgan fingerprint density at radius 2 is 2.12 bits per heavy atom. The van der Waals surface area contributed by atoms with Crippen molar-refractivity contribution in [1.82, 2.24) is 0 Å². The van der Waals surface area contributed by atoms with Gasteiger partial charge in [0.2, 0.25) is 0 Å². The quantitative estimate of drug-likeness (QED) is 0.438. The van der Waals surface area contributed by atoms with E-state index in [1.165, 1.54) is 0 Å². The number of carbonyl (C=O) groups is 1. The number of ether oxygens (including phenoxy) is 1. The van der Waals surface area contributed by atoms with Gasteiger partial charge in [0.05, 0.1) is 18.5 Å². The number of hydrogen-bond donors (Lipinski definition) is 0. The molecule has 0 N–H and O–H groups in total. The van der Waals surface area contributed by atoms with Crippen LogP contribution in [0.3, 0.4) is 0 Å². The Labute approximate surface area is 102 Å². The number of alkyl halides is 1. The highest BCUT2D eigenvalue weighted by Crippen LogP contribution is 2.09. The number of halogens is 1. The molecule has 0 saturated heterocycles. The van der Waals surface area contributed by atoms with E-state index in [4.69, 9.17) is 4.74 Å². The third kappa shape index (κ3) is 11.8. The summed E-state index contributed by atoms with van der Waals surface area (Å²) >= 11 is 1.57. The molecule has 0 aromatic heterocycles. The molecule has 2 nitrogen and oxygen atoms in total. The van der Waals surface area contributed by atoms with Crippen LogP contribution in [0.5, 0.6) is 0 Å². The van der Waals surface area contributed by atoms with Crippen LogP contribution in [0.25, 0.3) is 0 Å². The van der Waals surface area contributed by atoms with Crippen LogP contribution in [0, 0.1) is 0 Å². The number of carbonyl (C=O) groups excluding carboxylic acids is 1. The van der Waals surface area contributed by atoms with Crippen molar-refractivity contribution in [3.05, 3.63) is 0 Å². The predicted octanol–water partition coefficient (Wildman–Crippen LogP) is 3.59. The fourth-order valence-corrected chi connectivity index (χ4v) is 1.96. The molecule has 0 aliphatic rings. The van der Waals surface area contributed by atoms with Crippen molar-refractivity contribution < 1.29 is 13.9 Å². The summed E-state index contributed by atoms with van der Waals surface area (Å²) < 4.78 is 17.4. The lowest BCUT2D eigenvalue weighted by Gasteiger charge is -2.04. The fourth-order valence-electron chi connectivity index (χ4n) is 1.16. The lowest BCUT2D eigenvalue weighted by molar-refractivity contribution is -0.140. The van der Waals surface area contributed by atoms with E-state index in [0.29, 0.717) is 18.8 Å². The van der Waals surface area contributed by atoms with Gasteiger partial charge in [0.1, 0.15) is 0 Å². The Morgan fingerprint density at radius 1 is 1.38 bits per heavy atom. The molecule has 4 heteroatoms. The van der Waals surface area contributed by atoms with Crippen LogP contribution in [0.1, 0.15) is 46.0 Å². The van der Waals surface area contributed by atoms with Crippen molar-refractivity contribution in [2.24, 2.45) is 0 Å². The van der Waals surface area contributed by atoms with Gasteiger partial charge in [-0.3, -0.25) is 4.79 Å². The SMILES string of the molecule is CCCCOC(=O)CSCCCCC(C)F. The Hall–Kier alpha value is -0.250. The Kier molecular flexibility index (Phi) is 11.1. The second-order valence-corrected chi connectivity index (χ2v) is 5.01. The van der Waals surface area contributed by atoms with Crippen LogP contribution in [0.4, 0.5) is 4.39 Å². The van der Waals surface area contributed by atoms with E-state index < -0.39 is 6.17 Å². The number of thioether (sulfide) groups is 1. The van der Waals surface area contributed by atoms with Crippen LogP contribution < -0.4 is 0 Å². The molecule has 0 spiro atoms. The van der Waals surface area contributed by atoms with E-state index in [-0.39, 0.29) is 5.97 Å². The average Bonchev–Trinajstić information content (AvgIpc) is 2.23. The zero-order valence-corrected chi connectivity index (χ0v) is 11.2. The molecule has 1 unspecified atom stereocenters. The van der Waals surface area contributed by atoms with Gasteiger partial charge in [0.15, 0.2) is 0 Å². The summed E-state index contributed by atoms with van der Waals surface area (Å²) in [6, 6.07) is 0. The summed E-state index contributed by atoms with van der Waals surface area (Å²) in [4.78, 5) is 11.2. The van der Waals surface area contributed by atoms with Gasteiger partial charge in [-0.15, -0.1) is 0 Å². The number of unbranched alkanes of at least 4 members (excludes halogenated alkanes) is 2. The molecule has 0 rings (SSSR count). The second-order valence-electron chi connectivity index (χ2n) is 3.90. The first kappa shape index (κ1) is 15.8. The van der Waals surface area contributed by atoms with Gasteiger partial charge in [-0.2, -0.15) is 11.8 Å². The molecular weight excluding hydrogens is 227 g/mol. The van der Waals surface area contributed by atoms with Gasteiger partial charge in [-0.05, 0) is 38.4 Å². The van der Waals surface area contributed by atoms with Crippen molar-refractivity contribution >= 4 is 17.7 Å². The minimum absolute atomic E-state index is 0.127. The summed E-state index contributed by atoms with van der Waals surface area (Å²) in [5, 5.41) is 0. The van der Waals surface area contributed by atoms with E-state index >= 15 is 0 Å². The zero-order chi connectivity index (χ0) is 12.2. The van der Waals surface area contributed by atoms with Crippen LogP contribution in [-0.4, -0.2) is 30.3 Å². The second kappa shape index (κ2) is 11.2. The number of hydrogen-bond acceptors (Lipinski definition) is 3. The first-order valence-electron chi connectivity index (χ1n) is 6.04. The molecule has 96 valence electrons. The normalized spacial score (nSPS) is 12.4. The van der Waals surface area contributed by atoms with Crippen molar-refractivity contribution in [3.8, 4) is 0 Å². The van der Waals surface area contributed by atoms with Gasteiger partial charge in [0, 0.05) is 0 Å². The van der Waals surface area contributed by atoms with E-state index in [1.807, 2.05) is 0 Å². The average molecular weight is 250 g/mol. The summed E-state index contributed by atoms with van der Waals surface area (Å²) in [5.74, 6) is 1.21. The highest BCUT2D eigenvalue weighted by Gasteiger charge is 2.02. The maximum absolute atomic E-state index is 12.4. The molecule has 0 saturated carbocycles. The van der Waals surface area contributed by atoms with Gasteiger partial charge in [-0.25, -0.2) is 4.39 Å². The standard InChI is InChI=1S/C12H23FO2S/c1-3-4-8-15-12(14)10-16-9-6-5-7-11(2)13/h11H,3-10H2,1-2H3. The molecule has 0 radical (unpaired) electrons. The third-order valence-corrected chi connectivity index (χ3v) is 3.14. The molecule has 0 bridgehead atoms. The first-order chi connectivity index (χ1) is 7.66. The van der Waals surface area contributed by atoms with Gasteiger partial charge in [0.25, 0.3) is 0 Å². The molecule has 0 heterocycles. The Morgan fingerprint density at radius 3 is 2.75 bits per heavy atom. The van der Waals surface area contributed by atoms with Crippen LogP contribution >= 0.6 is 11.8 Å². The van der Waals surface area contributed by atoms with Gasteiger partial charge < -0.3 is 4.74 Å². The fraction of sp³-hybridized carbons (Fsp3) is 0.917. The smallest absolute Gasteiger partial charge is 0.315 e. The molecule has 0 aliphatic heterocycles. The number of esters is 1. The molecule has 0 aromatic rings. The summed E-state index contributed by atoms with van der Waals surface area (Å²) in [6.07, 6.45) is 3.77. The van der Waals surface area contributed by atoms with Crippen molar-refractivity contribution in [3.63, 3.8) is 0 Å². The Balaban J connectivity index is 3.15. The van der Waals surface area contributed by atoms with E-state index in [2.05, 4.69) is 6.92 Å².